The van der Waals surface area contributed by atoms with Crippen LogP contribution in [0.3, 0.4) is 0 Å². The molecule has 2 aromatic heterocycles. The average Bonchev–Trinajstić information content (AvgIpc) is 2.82. The summed E-state index contributed by atoms with van der Waals surface area (Å²) < 4.78 is 7.39. The highest BCUT2D eigenvalue weighted by molar-refractivity contribution is 5.48. The minimum atomic E-state index is 0.373. The first-order valence-electron chi connectivity index (χ1n) is 6.13. The molecule has 3 rings (SSSR count). The van der Waals surface area contributed by atoms with Crippen LogP contribution in [0.1, 0.15) is 31.1 Å². The van der Waals surface area contributed by atoms with E-state index in [0.717, 1.165) is 30.1 Å². The van der Waals surface area contributed by atoms with E-state index in [2.05, 4.69) is 14.7 Å². The van der Waals surface area contributed by atoms with E-state index >= 15 is 0 Å². The molecule has 1 atom stereocenters. The van der Waals surface area contributed by atoms with Crippen LogP contribution >= 0.6 is 0 Å². The van der Waals surface area contributed by atoms with Crippen molar-refractivity contribution >= 4 is 5.52 Å². The number of hydrogen-bond acceptors (Lipinski definition) is 3. The Kier molecular flexibility index (Phi) is 2.73. The number of rotatable bonds is 2. The molecule has 1 N–H and O–H groups in total. The summed E-state index contributed by atoms with van der Waals surface area (Å²) in [5.41, 5.74) is 1.12. The number of nitrogens with zero attached hydrogens (tertiary/aromatic N) is 2. The van der Waals surface area contributed by atoms with Crippen LogP contribution < -0.4 is 10.1 Å². The van der Waals surface area contributed by atoms with Gasteiger partial charge in [0, 0.05) is 0 Å². The van der Waals surface area contributed by atoms with E-state index in [1.807, 2.05) is 24.5 Å². The highest BCUT2D eigenvalue weighted by atomic mass is 16.5. The molecule has 0 saturated carbocycles. The van der Waals surface area contributed by atoms with E-state index < -0.39 is 0 Å². The summed E-state index contributed by atoms with van der Waals surface area (Å²) in [6, 6.07) is 4.38. The predicted octanol–water partition coefficient (Wildman–Crippen LogP) is 2.16. The quantitative estimate of drug-likeness (QED) is 0.860. The first kappa shape index (κ1) is 10.6. The van der Waals surface area contributed by atoms with Crippen LogP contribution in [0.15, 0.2) is 24.5 Å². The zero-order valence-corrected chi connectivity index (χ0v) is 10.0. The average molecular weight is 231 g/mol. The number of hydrogen-bond donors (Lipinski definition) is 1. The minimum absolute atomic E-state index is 0.373. The van der Waals surface area contributed by atoms with Gasteiger partial charge >= 0.3 is 0 Å². The third-order valence-corrected chi connectivity index (χ3v) is 3.39. The number of fused-ring (bicyclic) bond motifs is 1. The molecule has 17 heavy (non-hydrogen) atoms. The van der Waals surface area contributed by atoms with Gasteiger partial charge in [0.1, 0.15) is 11.6 Å². The summed E-state index contributed by atoms with van der Waals surface area (Å²) in [6.07, 6.45) is 7.63. The van der Waals surface area contributed by atoms with Crippen molar-refractivity contribution in [1.82, 2.24) is 14.7 Å². The van der Waals surface area contributed by atoms with E-state index in [0.29, 0.717) is 6.04 Å². The third-order valence-electron chi connectivity index (χ3n) is 3.39. The summed E-state index contributed by atoms with van der Waals surface area (Å²) >= 11 is 0. The SMILES string of the molecule is COc1ccc2cnc(C3CCCCN3)n2c1. The fourth-order valence-corrected chi connectivity index (χ4v) is 2.44. The van der Waals surface area contributed by atoms with Crippen LogP contribution in [0.25, 0.3) is 5.52 Å². The van der Waals surface area contributed by atoms with Gasteiger partial charge in [-0.3, -0.25) is 4.40 Å². The minimum Gasteiger partial charge on any atom is -0.495 e. The molecule has 1 saturated heterocycles. The third kappa shape index (κ3) is 1.89. The van der Waals surface area contributed by atoms with Crippen molar-refractivity contribution in [3.63, 3.8) is 0 Å². The Morgan fingerprint density at radius 1 is 1.41 bits per heavy atom. The molecule has 0 aromatic carbocycles. The summed E-state index contributed by atoms with van der Waals surface area (Å²) in [7, 11) is 1.69. The second kappa shape index (κ2) is 4.37. The largest absolute Gasteiger partial charge is 0.495 e. The number of ether oxygens (including phenoxy) is 1. The summed E-state index contributed by atoms with van der Waals surface area (Å²) in [6.45, 7) is 1.09. The van der Waals surface area contributed by atoms with Crippen molar-refractivity contribution in [1.29, 1.82) is 0 Å². The van der Waals surface area contributed by atoms with Gasteiger partial charge in [-0.25, -0.2) is 4.98 Å². The summed E-state index contributed by atoms with van der Waals surface area (Å²) in [5, 5.41) is 3.53. The second-order valence-corrected chi connectivity index (χ2v) is 4.48. The maximum Gasteiger partial charge on any atom is 0.135 e. The first-order chi connectivity index (χ1) is 8.38. The summed E-state index contributed by atoms with van der Waals surface area (Å²) in [4.78, 5) is 4.54. The van der Waals surface area contributed by atoms with E-state index in [-0.39, 0.29) is 0 Å². The van der Waals surface area contributed by atoms with Gasteiger partial charge in [0.05, 0.1) is 31.1 Å². The van der Waals surface area contributed by atoms with Crippen molar-refractivity contribution in [3.8, 4) is 5.75 Å². The number of aromatic nitrogens is 2. The van der Waals surface area contributed by atoms with Gasteiger partial charge in [-0.2, -0.15) is 0 Å². The van der Waals surface area contributed by atoms with E-state index in [9.17, 15) is 0 Å². The molecule has 0 aliphatic carbocycles. The summed E-state index contributed by atoms with van der Waals surface area (Å²) in [5.74, 6) is 1.96. The predicted molar refractivity (Wildman–Crippen MR) is 66.3 cm³/mol. The molecular weight excluding hydrogens is 214 g/mol. The van der Waals surface area contributed by atoms with Crippen LogP contribution in [0, 0.1) is 0 Å². The fraction of sp³-hybridized carbons (Fsp3) is 0.462. The number of piperidine rings is 1. The first-order valence-corrected chi connectivity index (χ1v) is 6.13. The topological polar surface area (TPSA) is 38.6 Å². The maximum absolute atomic E-state index is 5.26. The van der Waals surface area contributed by atoms with Crippen LogP contribution in [-0.2, 0) is 0 Å². The lowest BCUT2D eigenvalue weighted by molar-refractivity contribution is 0.393. The van der Waals surface area contributed by atoms with Crippen LogP contribution in [0.5, 0.6) is 5.75 Å². The number of methoxy groups -OCH3 is 1. The van der Waals surface area contributed by atoms with E-state index in [1.54, 1.807) is 7.11 Å². The molecule has 1 aliphatic heterocycles. The molecule has 0 radical (unpaired) electrons. The Morgan fingerprint density at radius 3 is 3.12 bits per heavy atom. The fourth-order valence-electron chi connectivity index (χ4n) is 2.44. The Labute approximate surface area is 101 Å². The van der Waals surface area contributed by atoms with Crippen LogP contribution in [0.4, 0.5) is 0 Å². The van der Waals surface area contributed by atoms with Crippen molar-refractivity contribution in [2.45, 2.75) is 25.3 Å². The molecule has 1 fully saturated rings. The number of pyridine rings is 1. The van der Waals surface area contributed by atoms with Crippen LogP contribution in [0.2, 0.25) is 0 Å². The molecule has 3 heterocycles. The molecule has 0 bridgehead atoms. The Balaban J connectivity index is 2.02. The lowest BCUT2D eigenvalue weighted by Crippen LogP contribution is -2.28. The molecule has 0 amide bonds. The molecule has 4 heteroatoms. The maximum atomic E-state index is 5.26. The highest BCUT2D eigenvalue weighted by Crippen LogP contribution is 2.24. The highest BCUT2D eigenvalue weighted by Gasteiger charge is 2.19. The Morgan fingerprint density at radius 2 is 2.35 bits per heavy atom. The molecule has 90 valence electrons. The number of nitrogens with one attached hydrogen (secondary N) is 1. The van der Waals surface area contributed by atoms with Crippen molar-refractivity contribution in [2.24, 2.45) is 0 Å². The van der Waals surface area contributed by atoms with Gasteiger partial charge in [0.25, 0.3) is 0 Å². The lowest BCUT2D eigenvalue weighted by atomic mass is 10.0. The molecule has 4 nitrogen and oxygen atoms in total. The van der Waals surface area contributed by atoms with E-state index in [1.165, 1.54) is 12.8 Å². The zero-order valence-electron chi connectivity index (χ0n) is 10.0. The molecule has 1 unspecified atom stereocenters. The molecule has 0 spiro atoms. The van der Waals surface area contributed by atoms with Crippen molar-refractivity contribution < 1.29 is 4.74 Å². The van der Waals surface area contributed by atoms with Crippen LogP contribution in [-0.4, -0.2) is 23.0 Å². The van der Waals surface area contributed by atoms with Crippen molar-refractivity contribution in [2.75, 3.05) is 13.7 Å². The monoisotopic (exact) mass is 231 g/mol. The van der Waals surface area contributed by atoms with Gasteiger partial charge in [0.2, 0.25) is 0 Å². The molecule has 2 aromatic rings. The smallest absolute Gasteiger partial charge is 0.135 e. The van der Waals surface area contributed by atoms with Gasteiger partial charge in [-0.05, 0) is 31.5 Å². The normalized spacial score (nSPS) is 20.6. The van der Waals surface area contributed by atoms with Gasteiger partial charge in [0.15, 0.2) is 0 Å². The number of imidazole rings is 1. The van der Waals surface area contributed by atoms with Gasteiger partial charge in [-0.15, -0.1) is 0 Å². The molecular formula is C13H17N3O. The lowest BCUT2D eigenvalue weighted by Gasteiger charge is -2.22. The Hall–Kier alpha value is -1.55. The zero-order chi connectivity index (χ0) is 11.7. The van der Waals surface area contributed by atoms with Crippen molar-refractivity contribution in [3.05, 3.63) is 30.4 Å². The Bertz CT molecular complexity index is 514. The second-order valence-electron chi connectivity index (χ2n) is 4.48. The van der Waals surface area contributed by atoms with E-state index in [4.69, 9.17) is 4.74 Å². The van der Waals surface area contributed by atoms with Gasteiger partial charge in [-0.1, -0.05) is 6.42 Å². The van der Waals surface area contributed by atoms with Gasteiger partial charge < -0.3 is 10.1 Å². The molecule has 1 aliphatic rings. The standard InChI is InChI=1S/C13H17N3O/c1-17-11-6-5-10-8-15-13(16(10)9-11)12-4-2-3-7-14-12/h5-6,8-9,12,14H,2-4,7H2,1H3.